The van der Waals surface area contributed by atoms with Crippen LogP contribution in [-0.2, 0) is 6.54 Å². The maximum Gasteiger partial charge on any atom is 0.134 e. The van der Waals surface area contributed by atoms with Crippen molar-refractivity contribution >= 4 is 23.0 Å². The van der Waals surface area contributed by atoms with Crippen molar-refractivity contribution in [2.24, 2.45) is 0 Å². The third kappa shape index (κ3) is 3.50. The number of aryl methyl sites for hydroxylation is 2. The van der Waals surface area contributed by atoms with Gasteiger partial charge in [0, 0.05) is 24.0 Å². The molecule has 0 amide bonds. The van der Waals surface area contributed by atoms with Crippen LogP contribution in [0.4, 0.5) is 11.6 Å². The molecule has 0 unspecified atom stereocenters. The third-order valence-electron chi connectivity index (χ3n) is 3.76. The van der Waals surface area contributed by atoms with Crippen LogP contribution in [0.1, 0.15) is 34.8 Å². The van der Waals surface area contributed by atoms with Gasteiger partial charge in [-0.1, -0.05) is 0 Å². The Morgan fingerprint density at radius 1 is 1.19 bits per heavy atom. The molecule has 2 aromatic heterocycles. The number of aromatic nitrogens is 3. The minimum Gasteiger partial charge on any atom is -0.365 e. The van der Waals surface area contributed by atoms with E-state index in [1.54, 1.807) is 17.7 Å². The van der Waals surface area contributed by atoms with Gasteiger partial charge in [-0.2, -0.15) is 0 Å². The van der Waals surface area contributed by atoms with E-state index in [1.165, 1.54) is 24.1 Å². The molecule has 0 aromatic carbocycles. The molecule has 1 fully saturated rings. The summed E-state index contributed by atoms with van der Waals surface area (Å²) in [6.07, 6.45) is 5.49. The van der Waals surface area contributed by atoms with Crippen LogP contribution in [-0.4, -0.2) is 28.0 Å². The van der Waals surface area contributed by atoms with E-state index in [2.05, 4.69) is 38.2 Å². The molecule has 1 N–H and O–H groups in total. The fraction of sp³-hybridized carbons (Fsp3) is 0.533. The van der Waals surface area contributed by atoms with Crippen LogP contribution in [0, 0.1) is 13.8 Å². The average Bonchev–Trinajstić information content (AvgIpc) is 2.84. The Bertz CT molecular complexity index is 604. The summed E-state index contributed by atoms with van der Waals surface area (Å²) < 4.78 is 0. The predicted octanol–water partition coefficient (Wildman–Crippen LogP) is 3.15. The minimum atomic E-state index is 0.772. The summed E-state index contributed by atoms with van der Waals surface area (Å²) in [5.41, 5.74) is 1.11. The Morgan fingerprint density at radius 3 is 2.71 bits per heavy atom. The van der Waals surface area contributed by atoms with Crippen molar-refractivity contribution in [3.63, 3.8) is 0 Å². The summed E-state index contributed by atoms with van der Waals surface area (Å²) in [6.45, 7) is 7.07. The van der Waals surface area contributed by atoms with Crippen LogP contribution in [0.2, 0.25) is 0 Å². The highest BCUT2D eigenvalue weighted by Crippen LogP contribution is 2.21. The maximum absolute atomic E-state index is 4.45. The minimum absolute atomic E-state index is 0.772. The van der Waals surface area contributed by atoms with Gasteiger partial charge in [-0.3, -0.25) is 0 Å². The molecule has 112 valence electrons. The first kappa shape index (κ1) is 14.3. The van der Waals surface area contributed by atoms with E-state index in [-0.39, 0.29) is 0 Å². The number of hydrogen-bond donors (Lipinski definition) is 1. The Kier molecular flexibility index (Phi) is 4.34. The molecule has 1 aliphatic rings. The summed E-state index contributed by atoms with van der Waals surface area (Å²) in [7, 11) is 0. The largest absolute Gasteiger partial charge is 0.365 e. The quantitative estimate of drug-likeness (QED) is 0.940. The number of piperidine rings is 1. The van der Waals surface area contributed by atoms with Crippen molar-refractivity contribution in [1.29, 1.82) is 0 Å². The fourth-order valence-electron chi connectivity index (χ4n) is 2.65. The van der Waals surface area contributed by atoms with Crippen molar-refractivity contribution in [1.82, 2.24) is 15.0 Å². The SMILES string of the molecule is Cc1nc(C)c(CNc2cc(N3CCCCC3)ncn2)s1. The van der Waals surface area contributed by atoms with Crippen molar-refractivity contribution in [2.45, 2.75) is 39.7 Å². The van der Waals surface area contributed by atoms with Gasteiger partial charge in [-0.15, -0.1) is 11.3 Å². The van der Waals surface area contributed by atoms with Gasteiger partial charge in [0.05, 0.1) is 17.2 Å². The Hall–Kier alpha value is -1.69. The molecule has 3 rings (SSSR count). The van der Waals surface area contributed by atoms with Crippen molar-refractivity contribution < 1.29 is 0 Å². The molecule has 21 heavy (non-hydrogen) atoms. The van der Waals surface area contributed by atoms with E-state index in [4.69, 9.17) is 0 Å². The van der Waals surface area contributed by atoms with Gasteiger partial charge in [0.25, 0.3) is 0 Å². The Labute approximate surface area is 129 Å². The van der Waals surface area contributed by atoms with E-state index in [0.717, 1.165) is 42.0 Å². The lowest BCUT2D eigenvalue weighted by Crippen LogP contribution is -2.30. The summed E-state index contributed by atoms with van der Waals surface area (Å²) in [5.74, 6) is 1.92. The van der Waals surface area contributed by atoms with Gasteiger partial charge < -0.3 is 10.2 Å². The topological polar surface area (TPSA) is 53.9 Å². The molecule has 1 aliphatic heterocycles. The van der Waals surface area contributed by atoms with Crippen LogP contribution in [0.3, 0.4) is 0 Å². The molecule has 0 aliphatic carbocycles. The lowest BCUT2D eigenvalue weighted by Gasteiger charge is -2.27. The zero-order valence-electron chi connectivity index (χ0n) is 12.6. The first-order valence-electron chi connectivity index (χ1n) is 7.46. The highest BCUT2D eigenvalue weighted by Gasteiger charge is 2.13. The summed E-state index contributed by atoms with van der Waals surface area (Å²) in [4.78, 5) is 16.8. The molecule has 0 bridgehead atoms. The van der Waals surface area contributed by atoms with E-state index >= 15 is 0 Å². The van der Waals surface area contributed by atoms with Gasteiger partial charge in [-0.25, -0.2) is 15.0 Å². The number of nitrogens with one attached hydrogen (secondary N) is 1. The van der Waals surface area contributed by atoms with Crippen molar-refractivity contribution in [2.75, 3.05) is 23.3 Å². The molecule has 2 aromatic rings. The van der Waals surface area contributed by atoms with Crippen molar-refractivity contribution in [3.8, 4) is 0 Å². The Balaban J connectivity index is 1.67. The second-order valence-electron chi connectivity index (χ2n) is 5.40. The van der Waals surface area contributed by atoms with Crippen molar-refractivity contribution in [3.05, 3.63) is 28.0 Å². The molecule has 3 heterocycles. The average molecular weight is 303 g/mol. The van der Waals surface area contributed by atoms with Gasteiger partial charge in [0.1, 0.15) is 18.0 Å². The maximum atomic E-state index is 4.45. The fourth-order valence-corrected chi connectivity index (χ4v) is 3.52. The number of nitrogens with zero attached hydrogens (tertiary/aromatic N) is 4. The van der Waals surface area contributed by atoms with Gasteiger partial charge >= 0.3 is 0 Å². The first-order valence-corrected chi connectivity index (χ1v) is 8.28. The lowest BCUT2D eigenvalue weighted by molar-refractivity contribution is 0.573. The molecular weight excluding hydrogens is 282 g/mol. The van der Waals surface area contributed by atoms with Gasteiger partial charge in [-0.05, 0) is 33.1 Å². The van der Waals surface area contributed by atoms with Crippen LogP contribution in [0.15, 0.2) is 12.4 Å². The monoisotopic (exact) mass is 303 g/mol. The molecule has 1 saturated heterocycles. The molecule has 5 nitrogen and oxygen atoms in total. The van der Waals surface area contributed by atoms with Crippen LogP contribution >= 0.6 is 11.3 Å². The zero-order valence-corrected chi connectivity index (χ0v) is 13.4. The summed E-state index contributed by atoms with van der Waals surface area (Å²) >= 11 is 1.74. The number of thiazole rings is 1. The number of anilines is 2. The zero-order chi connectivity index (χ0) is 14.7. The number of rotatable bonds is 4. The third-order valence-corrected chi connectivity index (χ3v) is 4.84. The van der Waals surface area contributed by atoms with Crippen LogP contribution < -0.4 is 10.2 Å². The highest BCUT2D eigenvalue weighted by atomic mass is 32.1. The first-order chi connectivity index (χ1) is 10.2. The predicted molar refractivity (Wildman–Crippen MR) is 87.0 cm³/mol. The van der Waals surface area contributed by atoms with E-state index in [0.29, 0.717) is 0 Å². The second kappa shape index (κ2) is 6.39. The Morgan fingerprint density at radius 2 is 2.00 bits per heavy atom. The smallest absolute Gasteiger partial charge is 0.134 e. The molecule has 0 radical (unpaired) electrons. The summed E-state index contributed by atoms with van der Waals surface area (Å²) in [5, 5.41) is 4.50. The number of hydrogen-bond acceptors (Lipinski definition) is 6. The molecule has 0 saturated carbocycles. The second-order valence-corrected chi connectivity index (χ2v) is 6.69. The summed E-state index contributed by atoms with van der Waals surface area (Å²) in [6, 6.07) is 2.05. The normalized spacial score (nSPS) is 15.2. The lowest BCUT2D eigenvalue weighted by atomic mass is 10.1. The molecule has 0 atom stereocenters. The molecule has 6 heteroatoms. The van der Waals surface area contributed by atoms with E-state index < -0.39 is 0 Å². The van der Waals surface area contributed by atoms with Crippen LogP contribution in [0.25, 0.3) is 0 Å². The van der Waals surface area contributed by atoms with Crippen LogP contribution in [0.5, 0.6) is 0 Å². The van der Waals surface area contributed by atoms with Gasteiger partial charge in [0.15, 0.2) is 0 Å². The molecular formula is C15H21N5S. The highest BCUT2D eigenvalue weighted by molar-refractivity contribution is 7.11. The molecule has 0 spiro atoms. The van der Waals surface area contributed by atoms with E-state index in [1.807, 2.05) is 6.92 Å². The van der Waals surface area contributed by atoms with E-state index in [9.17, 15) is 0 Å². The van der Waals surface area contributed by atoms with Gasteiger partial charge in [0.2, 0.25) is 0 Å². The standard InChI is InChI=1S/C15H21N5S/c1-11-13(21-12(2)19-11)9-16-14-8-15(18-10-17-14)20-6-4-3-5-7-20/h8,10H,3-7,9H2,1-2H3,(H,16,17,18).